The summed E-state index contributed by atoms with van der Waals surface area (Å²) in [5.74, 6) is -0.448. The molecule has 0 aliphatic carbocycles. The first kappa shape index (κ1) is 12.6. The van der Waals surface area contributed by atoms with Crippen LogP contribution in [-0.2, 0) is 0 Å². The lowest BCUT2D eigenvalue weighted by molar-refractivity contribution is 0.0935. The highest BCUT2D eigenvalue weighted by molar-refractivity contribution is 6.00. The Bertz CT molecular complexity index is 608. The van der Waals surface area contributed by atoms with Gasteiger partial charge in [-0.1, -0.05) is 20.8 Å². The highest BCUT2D eigenvalue weighted by Crippen LogP contribution is 2.25. The Balaban J connectivity index is 2.42. The standard InChI is InChI=1S/C14H17FN2O/c1-14(2,3)7-12(18)11-5-8-4-9(16)6-10(15)13(8)17-11/h4-6,17H,7,16H2,1-3H3. The van der Waals surface area contributed by atoms with Crippen molar-refractivity contribution in [2.24, 2.45) is 5.41 Å². The van der Waals surface area contributed by atoms with E-state index in [1.165, 1.54) is 6.07 Å². The Morgan fingerprint density at radius 3 is 2.61 bits per heavy atom. The fraction of sp³-hybridized carbons (Fsp3) is 0.357. The van der Waals surface area contributed by atoms with E-state index in [9.17, 15) is 9.18 Å². The number of aromatic nitrogens is 1. The van der Waals surface area contributed by atoms with Gasteiger partial charge in [-0.2, -0.15) is 0 Å². The van der Waals surface area contributed by atoms with Gasteiger partial charge in [-0.3, -0.25) is 4.79 Å². The van der Waals surface area contributed by atoms with Crippen LogP contribution in [0.1, 0.15) is 37.7 Å². The van der Waals surface area contributed by atoms with Gasteiger partial charge in [0.1, 0.15) is 5.82 Å². The second-order valence-corrected chi connectivity index (χ2v) is 5.81. The zero-order chi connectivity index (χ0) is 13.5. The second kappa shape index (κ2) is 4.12. The second-order valence-electron chi connectivity index (χ2n) is 5.81. The van der Waals surface area contributed by atoms with Gasteiger partial charge in [0.25, 0.3) is 0 Å². The quantitative estimate of drug-likeness (QED) is 0.631. The summed E-state index contributed by atoms with van der Waals surface area (Å²) in [5, 5.41) is 0.629. The van der Waals surface area contributed by atoms with Crippen molar-refractivity contribution in [3.63, 3.8) is 0 Å². The summed E-state index contributed by atoms with van der Waals surface area (Å²) in [6.07, 6.45) is 0.414. The van der Waals surface area contributed by atoms with Crippen molar-refractivity contribution in [2.75, 3.05) is 5.73 Å². The van der Waals surface area contributed by atoms with Gasteiger partial charge in [0.2, 0.25) is 0 Å². The van der Waals surface area contributed by atoms with E-state index in [4.69, 9.17) is 5.73 Å². The molecular weight excluding hydrogens is 231 g/mol. The number of nitrogen functional groups attached to an aromatic ring is 1. The zero-order valence-corrected chi connectivity index (χ0v) is 10.8. The van der Waals surface area contributed by atoms with Crippen molar-refractivity contribution in [1.29, 1.82) is 0 Å². The predicted octanol–water partition coefficient (Wildman–Crippen LogP) is 3.51. The van der Waals surface area contributed by atoms with Gasteiger partial charge in [0.05, 0.1) is 11.2 Å². The fourth-order valence-electron chi connectivity index (χ4n) is 1.95. The minimum Gasteiger partial charge on any atom is -0.399 e. The summed E-state index contributed by atoms with van der Waals surface area (Å²) < 4.78 is 13.6. The molecule has 0 saturated heterocycles. The molecule has 2 aromatic rings. The van der Waals surface area contributed by atoms with Gasteiger partial charge in [0, 0.05) is 17.5 Å². The lowest BCUT2D eigenvalue weighted by Gasteiger charge is -2.15. The molecule has 0 fully saturated rings. The van der Waals surface area contributed by atoms with Crippen molar-refractivity contribution in [3.8, 4) is 0 Å². The van der Waals surface area contributed by atoms with Crippen LogP contribution < -0.4 is 5.73 Å². The molecule has 2 rings (SSSR count). The third kappa shape index (κ3) is 2.53. The highest BCUT2D eigenvalue weighted by atomic mass is 19.1. The minimum atomic E-state index is -0.431. The summed E-state index contributed by atoms with van der Waals surface area (Å²) in [6.45, 7) is 5.98. The van der Waals surface area contributed by atoms with E-state index in [0.29, 0.717) is 28.7 Å². The average molecular weight is 248 g/mol. The number of Topliss-reactive ketones (excluding diaryl/α,β-unsaturated/α-hetero) is 1. The molecule has 1 heterocycles. The smallest absolute Gasteiger partial charge is 0.179 e. The summed E-state index contributed by atoms with van der Waals surface area (Å²) >= 11 is 0. The normalized spacial score (nSPS) is 12.0. The lowest BCUT2D eigenvalue weighted by atomic mass is 9.89. The largest absolute Gasteiger partial charge is 0.399 e. The Morgan fingerprint density at radius 1 is 1.33 bits per heavy atom. The molecule has 0 bridgehead atoms. The number of carbonyl (C=O) groups is 1. The SMILES string of the molecule is CC(C)(C)CC(=O)c1cc2cc(N)cc(F)c2[nH]1. The molecule has 4 heteroatoms. The van der Waals surface area contributed by atoms with E-state index in [1.807, 2.05) is 20.8 Å². The average Bonchev–Trinajstić information content (AvgIpc) is 2.58. The Kier molecular flexibility index (Phi) is 2.89. The van der Waals surface area contributed by atoms with E-state index in [-0.39, 0.29) is 11.2 Å². The highest BCUT2D eigenvalue weighted by Gasteiger charge is 2.19. The Morgan fingerprint density at radius 2 is 2.00 bits per heavy atom. The maximum Gasteiger partial charge on any atom is 0.179 e. The number of carbonyl (C=O) groups excluding carboxylic acids is 1. The molecule has 0 radical (unpaired) electrons. The van der Waals surface area contributed by atoms with Crippen LogP contribution >= 0.6 is 0 Å². The van der Waals surface area contributed by atoms with Crippen molar-refractivity contribution in [1.82, 2.24) is 4.98 Å². The van der Waals surface area contributed by atoms with E-state index in [0.717, 1.165) is 0 Å². The fourth-order valence-corrected chi connectivity index (χ4v) is 1.95. The number of fused-ring (bicyclic) bond motifs is 1. The third-order valence-electron chi connectivity index (χ3n) is 2.69. The first-order valence-electron chi connectivity index (χ1n) is 5.87. The maximum atomic E-state index is 13.6. The van der Waals surface area contributed by atoms with Gasteiger partial charge in [-0.05, 0) is 23.6 Å². The molecule has 3 nitrogen and oxygen atoms in total. The Hall–Kier alpha value is -1.84. The van der Waals surface area contributed by atoms with Gasteiger partial charge in [-0.15, -0.1) is 0 Å². The third-order valence-corrected chi connectivity index (χ3v) is 2.69. The Labute approximate surface area is 105 Å². The van der Waals surface area contributed by atoms with Crippen LogP contribution in [0.3, 0.4) is 0 Å². The summed E-state index contributed by atoms with van der Waals surface area (Å²) in [5.41, 5.74) is 6.61. The van der Waals surface area contributed by atoms with E-state index in [1.54, 1.807) is 12.1 Å². The molecule has 0 amide bonds. The van der Waals surface area contributed by atoms with Crippen molar-refractivity contribution in [3.05, 3.63) is 29.7 Å². The summed E-state index contributed by atoms with van der Waals surface area (Å²) in [6, 6.07) is 4.56. The van der Waals surface area contributed by atoms with Crippen molar-refractivity contribution >= 4 is 22.4 Å². The minimum absolute atomic E-state index is 0.0170. The van der Waals surface area contributed by atoms with Crippen molar-refractivity contribution in [2.45, 2.75) is 27.2 Å². The summed E-state index contributed by atoms with van der Waals surface area (Å²) in [7, 11) is 0. The van der Waals surface area contributed by atoms with Crippen LogP contribution in [0.4, 0.5) is 10.1 Å². The number of H-pyrrole nitrogens is 1. The number of nitrogens with one attached hydrogen (secondary N) is 1. The molecule has 96 valence electrons. The summed E-state index contributed by atoms with van der Waals surface area (Å²) in [4.78, 5) is 14.9. The number of hydrogen-bond donors (Lipinski definition) is 2. The maximum absolute atomic E-state index is 13.6. The number of ketones is 1. The molecule has 0 unspecified atom stereocenters. The van der Waals surface area contributed by atoms with Crippen LogP contribution in [0.2, 0.25) is 0 Å². The molecule has 0 aliphatic heterocycles. The number of anilines is 1. The molecule has 3 N–H and O–H groups in total. The topological polar surface area (TPSA) is 58.9 Å². The molecule has 0 atom stereocenters. The molecule has 0 aliphatic rings. The number of halogens is 1. The van der Waals surface area contributed by atoms with E-state index >= 15 is 0 Å². The van der Waals surface area contributed by atoms with Crippen LogP contribution in [0.25, 0.3) is 10.9 Å². The van der Waals surface area contributed by atoms with Crippen LogP contribution in [0.15, 0.2) is 18.2 Å². The predicted molar refractivity (Wildman–Crippen MR) is 71.1 cm³/mol. The molecule has 1 aromatic carbocycles. The zero-order valence-electron chi connectivity index (χ0n) is 10.8. The van der Waals surface area contributed by atoms with Crippen LogP contribution in [-0.4, -0.2) is 10.8 Å². The molecule has 18 heavy (non-hydrogen) atoms. The molecular formula is C14H17FN2O. The van der Waals surface area contributed by atoms with E-state index < -0.39 is 5.82 Å². The lowest BCUT2D eigenvalue weighted by Crippen LogP contribution is -2.13. The van der Waals surface area contributed by atoms with Gasteiger partial charge < -0.3 is 10.7 Å². The molecule has 0 spiro atoms. The number of hydrogen-bond acceptors (Lipinski definition) is 2. The number of nitrogens with two attached hydrogens (primary N) is 1. The van der Waals surface area contributed by atoms with Gasteiger partial charge >= 0.3 is 0 Å². The molecule has 0 saturated carbocycles. The monoisotopic (exact) mass is 248 g/mol. The number of benzene rings is 1. The number of rotatable bonds is 2. The van der Waals surface area contributed by atoms with E-state index in [2.05, 4.69) is 4.98 Å². The van der Waals surface area contributed by atoms with Crippen LogP contribution in [0.5, 0.6) is 0 Å². The van der Waals surface area contributed by atoms with Gasteiger partial charge in [-0.25, -0.2) is 4.39 Å². The number of aromatic amines is 1. The van der Waals surface area contributed by atoms with Gasteiger partial charge in [0.15, 0.2) is 5.78 Å². The molecule has 1 aromatic heterocycles. The first-order chi connectivity index (χ1) is 8.26. The van der Waals surface area contributed by atoms with Crippen LogP contribution in [0, 0.1) is 11.2 Å². The van der Waals surface area contributed by atoms with Crippen molar-refractivity contribution < 1.29 is 9.18 Å². The first-order valence-corrected chi connectivity index (χ1v) is 5.87.